The van der Waals surface area contributed by atoms with Crippen molar-refractivity contribution in [2.24, 2.45) is 10.7 Å². The van der Waals surface area contributed by atoms with E-state index in [0.717, 1.165) is 0 Å². The van der Waals surface area contributed by atoms with Crippen LogP contribution >= 0.6 is 23.2 Å². The lowest BCUT2D eigenvalue weighted by Gasteiger charge is -2.20. The van der Waals surface area contributed by atoms with Crippen LogP contribution in [0.2, 0.25) is 10.0 Å². The SMILES string of the molecule is CC(C)(C)NC(N)=NCCOc1ncc(Cl)cc1Cl. The number of nitrogens with two attached hydrogens (primary N) is 1. The summed E-state index contributed by atoms with van der Waals surface area (Å²) in [4.78, 5) is 8.11. The molecule has 0 saturated heterocycles. The fourth-order valence-corrected chi connectivity index (χ4v) is 1.68. The Morgan fingerprint density at radius 3 is 2.74 bits per heavy atom. The molecule has 0 amide bonds. The third-order valence-electron chi connectivity index (χ3n) is 1.89. The van der Waals surface area contributed by atoms with Gasteiger partial charge in [-0.15, -0.1) is 0 Å². The molecule has 1 rings (SSSR count). The Morgan fingerprint density at radius 2 is 2.16 bits per heavy atom. The molecule has 1 aromatic heterocycles. The Balaban J connectivity index is 2.40. The maximum Gasteiger partial charge on any atom is 0.232 e. The van der Waals surface area contributed by atoms with Gasteiger partial charge in [-0.05, 0) is 26.8 Å². The van der Waals surface area contributed by atoms with Crippen LogP contribution in [0.5, 0.6) is 5.88 Å². The van der Waals surface area contributed by atoms with Crippen molar-refractivity contribution >= 4 is 29.2 Å². The second-order valence-electron chi connectivity index (χ2n) is 4.93. The van der Waals surface area contributed by atoms with Gasteiger partial charge in [-0.2, -0.15) is 0 Å². The maximum absolute atomic E-state index is 5.91. The zero-order valence-electron chi connectivity index (χ0n) is 11.2. The largest absolute Gasteiger partial charge is 0.475 e. The number of nitrogens with one attached hydrogen (secondary N) is 1. The lowest BCUT2D eigenvalue weighted by Crippen LogP contribution is -2.45. The first-order chi connectivity index (χ1) is 8.78. The van der Waals surface area contributed by atoms with Crippen LogP contribution in [0.4, 0.5) is 0 Å². The number of pyridine rings is 1. The minimum Gasteiger partial charge on any atom is -0.475 e. The molecule has 106 valence electrons. The Bertz CT molecular complexity index is 458. The van der Waals surface area contributed by atoms with E-state index in [9.17, 15) is 0 Å². The summed E-state index contributed by atoms with van der Waals surface area (Å²) in [6.45, 7) is 6.76. The molecular formula is C12H18Cl2N4O. The van der Waals surface area contributed by atoms with Gasteiger partial charge in [-0.1, -0.05) is 23.2 Å². The van der Waals surface area contributed by atoms with Gasteiger partial charge in [0.2, 0.25) is 5.88 Å². The highest BCUT2D eigenvalue weighted by Gasteiger charge is 2.09. The summed E-state index contributed by atoms with van der Waals surface area (Å²) in [5.41, 5.74) is 5.60. The summed E-state index contributed by atoms with van der Waals surface area (Å²) in [6.07, 6.45) is 1.47. The van der Waals surface area contributed by atoms with Crippen LogP contribution in [-0.4, -0.2) is 29.6 Å². The molecule has 0 aliphatic carbocycles. The number of aliphatic imine (C=N–C) groups is 1. The van der Waals surface area contributed by atoms with E-state index in [4.69, 9.17) is 33.7 Å². The number of hydrogen-bond donors (Lipinski definition) is 2. The highest BCUT2D eigenvalue weighted by molar-refractivity contribution is 6.35. The first kappa shape index (κ1) is 15.9. The maximum atomic E-state index is 5.91. The predicted octanol–water partition coefficient (Wildman–Crippen LogP) is 2.47. The van der Waals surface area contributed by atoms with E-state index in [1.165, 1.54) is 6.20 Å². The fraction of sp³-hybridized carbons (Fsp3) is 0.500. The van der Waals surface area contributed by atoms with E-state index in [0.29, 0.717) is 35.0 Å². The van der Waals surface area contributed by atoms with Gasteiger partial charge in [0.15, 0.2) is 5.96 Å². The molecule has 1 aromatic rings. The van der Waals surface area contributed by atoms with Crippen molar-refractivity contribution < 1.29 is 4.74 Å². The average molecular weight is 305 g/mol. The minimum absolute atomic E-state index is 0.116. The van der Waals surface area contributed by atoms with Gasteiger partial charge in [0, 0.05) is 11.7 Å². The van der Waals surface area contributed by atoms with Crippen molar-refractivity contribution in [2.75, 3.05) is 13.2 Å². The van der Waals surface area contributed by atoms with E-state index in [1.54, 1.807) is 6.07 Å². The third kappa shape index (κ3) is 6.50. The van der Waals surface area contributed by atoms with Crippen molar-refractivity contribution in [1.29, 1.82) is 0 Å². The Morgan fingerprint density at radius 1 is 1.47 bits per heavy atom. The molecule has 0 bridgehead atoms. The summed E-state index contributed by atoms with van der Waals surface area (Å²) >= 11 is 11.6. The van der Waals surface area contributed by atoms with Crippen molar-refractivity contribution in [2.45, 2.75) is 26.3 Å². The van der Waals surface area contributed by atoms with Crippen LogP contribution in [0.3, 0.4) is 0 Å². The number of hydrogen-bond acceptors (Lipinski definition) is 3. The minimum atomic E-state index is -0.116. The number of halogens is 2. The highest BCUT2D eigenvalue weighted by atomic mass is 35.5. The van der Waals surface area contributed by atoms with Crippen molar-refractivity contribution in [3.63, 3.8) is 0 Å². The smallest absolute Gasteiger partial charge is 0.232 e. The molecule has 3 N–H and O–H groups in total. The zero-order chi connectivity index (χ0) is 14.5. The van der Waals surface area contributed by atoms with Crippen LogP contribution in [0.15, 0.2) is 17.3 Å². The summed E-state index contributed by atoms with van der Waals surface area (Å²) in [5, 5.41) is 3.89. The van der Waals surface area contributed by atoms with Gasteiger partial charge in [0.1, 0.15) is 11.6 Å². The number of guanidine groups is 1. The first-order valence-electron chi connectivity index (χ1n) is 5.80. The van der Waals surface area contributed by atoms with Gasteiger partial charge in [-0.3, -0.25) is 0 Å². The molecule has 0 aliphatic heterocycles. The summed E-state index contributed by atoms with van der Waals surface area (Å²) in [5.74, 6) is 0.717. The quantitative estimate of drug-likeness (QED) is 0.509. The molecule has 7 heteroatoms. The molecule has 0 radical (unpaired) electrons. The van der Waals surface area contributed by atoms with E-state index < -0.39 is 0 Å². The van der Waals surface area contributed by atoms with Gasteiger partial charge in [-0.25, -0.2) is 9.98 Å². The van der Waals surface area contributed by atoms with Crippen LogP contribution in [0.1, 0.15) is 20.8 Å². The Kier molecular flexibility index (Phi) is 5.69. The molecule has 0 fully saturated rings. The van der Waals surface area contributed by atoms with Gasteiger partial charge >= 0.3 is 0 Å². The second kappa shape index (κ2) is 6.82. The molecular weight excluding hydrogens is 287 g/mol. The van der Waals surface area contributed by atoms with Gasteiger partial charge in [0.05, 0.1) is 11.6 Å². The summed E-state index contributed by atoms with van der Waals surface area (Å²) in [7, 11) is 0. The molecule has 0 aromatic carbocycles. The molecule has 0 aliphatic rings. The fourth-order valence-electron chi connectivity index (χ4n) is 1.24. The number of nitrogens with zero attached hydrogens (tertiary/aromatic N) is 2. The van der Waals surface area contributed by atoms with Crippen LogP contribution in [0.25, 0.3) is 0 Å². The van der Waals surface area contributed by atoms with Crippen LogP contribution < -0.4 is 15.8 Å². The van der Waals surface area contributed by atoms with Crippen molar-refractivity contribution in [3.05, 3.63) is 22.3 Å². The molecule has 0 saturated carbocycles. The first-order valence-corrected chi connectivity index (χ1v) is 6.55. The topological polar surface area (TPSA) is 72.5 Å². The lowest BCUT2D eigenvalue weighted by molar-refractivity contribution is 0.316. The zero-order valence-corrected chi connectivity index (χ0v) is 12.7. The Labute approximate surface area is 123 Å². The van der Waals surface area contributed by atoms with Gasteiger partial charge < -0.3 is 15.8 Å². The number of aromatic nitrogens is 1. The van der Waals surface area contributed by atoms with E-state index >= 15 is 0 Å². The number of rotatable bonds is 4. The standard InChI is InChI=1S/C12H18Cl2N4O/c1-12(2,3)18-11(15)16-4-5-19-10-9(14)6-8(13)7-17-10/h6-7H,4-5H2,1-3H3,(H3,15,16,18). The van der Waals surface area contributed by atoms with E-state index in [1.807, 2.05) is 20.8 Å². The summed E-state index contributed by atoms with van der Waals surface area (Å²) in [6, 6.07) is 1.57. The highest BCUT2D eigenvalue weighted by Crippen LogP contribution is 2.24. The second-order valence-corrected chi connectivity index (χ2v) is 5.77. The van der Waals surface area contributed by atoms with Crippen molar-refractivity contribution in [1.82, 2.24) is 10.3 Å². The predicted molar refractivity (Wildman–Crippen MR) is 79.1 cm³/mol. The normalized spacial score (nSPS) is 12.4. The van der Waals surface area contributed by atoms with E-state index in [2.05, 4.69) is 15.3 Å². The van der Waals surface area contributed by atoms with Crippen LogP contribution in [0, 0.1) is 0 Å². The van der Waals surface area contributed by atoms with E-state index in [-0.39, 0.29) is 5.54 Å². The molecule has 0 spiro atoms. The number of ether oxygens (including phenoxy) is 1. The lowest BCUT2D eigenvalue weighted by atomic mass is 10.1. The monoisotopic (exact) mass is 304 g/mol. The molecule has 0 unspecified atom stereocenters. The Hall–Kier alpha value is -1.20. The van der Waals surface area contributed by atoms with Crippen LogP contribution in [-0.2, 0) is 0 Å². The summed E-state index contributed by atoms with van der Waals surface area (Å²) < 4.78 is 5.38. The van der Waals surface area contributed by atoms with Gasteiger partial charge in [0.25, 0.3) is 0 Å². The molecule has 0 atom stereocenters. The molecule has 1 heterocycles. The van der Waals surface area contributed by atoms with Crippen molar-refractivity contribution in [3.8, 4) is 5.88 Å². The average Bonchev–Trinajstić information content (AvgIpc) is 2.24. The third-order valence-corrected chi connectivity index (χ3v) is 2.37. The molecule has 19 heavy (non-hydrogen) atoms. The molecule has 5 nitrogen and oxygen atoms in total.